The van der Waals surface area contributed by atoms with Crippen LogP contribution in [0.15, 0.2) is 12.4 Å². The fourth-order valence-electron chi connectivity index (χ4n) is 1.58. The highest BCUT2D eigenvalue weighted by Crippen LogP contribution is 2.11. The molecule has 1 atom stereocenters. The lowest BCUT2D eigenvalue weighted by atomic mass is 10.3. The van der Waals surface area contributed by atoms with Crippen molar-refractivity contribution >= 4 is 11.5 Å². The SMILES string of the molecule is COCC(O)CN(C)c1cncc2nnnn12. The van der Waals surface area contributed by atoms with Crippen LogP contribution in [0, 0.1) is 0 Å². The van der Waals surface area contributed by atoms with E-state index in [4.69, 9.17) is 4.74 Å². The van der Waals surface area contributed by atoms with E-state index in [1.807, 2.05) is 11.9 Å². The summed E-state index contributed by atoms with van der Waals surface area (Å²) in [6, 6.07) is 0. The highest BCUT2D eigenvalue weighted by atomic mass is 16.5. The van der Waals surface area contributed by atoms with E-state index >= 15 is 0 Å². The lowest BCUT2D eigenvalue weighted by molar-refractivity contribution is 0.0693. The molecule has 0 aromatic carbocycles. The van der Waals surface area contributed by atoms with Crippen LogP contribution in [0.4, 0.5) is 5.82 Å². The number of hydrogen-bond donors (Lipinski definition) is 1. The number of anilines is 1. The zero-order valence-electron chi connectivity index (χ0n) is 9.69. The van der Waals surface area contributed by atoms with Gasteiger partial charge < -0.3 is 14.7 Å². The van der Waals surface area contributed by atoms with E-state index in [-0.39, 0.29) is 6.61 Å². The predicted molar refractivity (Wildman–Crippen MR) is 59.7 cm³/mol. The molecule has 0 radical (unpaired) electrons. The van der Waals surface area contributed by atoms with Crippen LogP contribution in [0.5, 0.6) is 0 Å². The van der Waals surface area contributed by atoms with Crippen LogP contribution in [0.2, 0.25) is 0 Å². The van der Waals surface area contributed by atoms with E-state index in [2.05, 4.69) is 20.5 Å². The summed E-state index contributed by atoms with van der Waals surface area (Å²) < 4.78 is 6.44. The van der Waals surface area contributed by atoms with Gasteiger partial charge >= 0.3 is 0 Å². The summed E-state index contributed by atoms with van der Waals surface area (Å²) in [6.45, 7) is 0.692. The third kappa shape index (κ3) is 2.48. The van der Waals surface area contributed by atoms with Gasteiger partial charge in [0.1, 0.15) is 0 Å². The Hall–Kier alpha value is -1.80. The number of likely N-dealkylation sites (N-methyl/N-ethyl adjacent to an activating group) is 1. The van der Waals surface area contributed by atoms with Gasteiger partial charge in [0, 0.05) is 20.7 Å². The second kappa shape index (κ2) is 5.02. The minimum atomic E-state index is -0.572. The van der Waals surface area contributed by atoms with Crippen molar-refractivity contribution in [1.29, 1.82) is 0 Å². The largest absolute Gasteiger partial charge is 0.389 e. The third-order valence-electron chi connectivity index (χ3n) is 2.33. The van der Waals surface area contributed by atoms with Gasteiger partial charge in [0.05, 0.1) is 25.1 Å². The fourth-order valence-corrected chi connectivity index (χ4v) is 1.58. The smallest absolute Gasteiger partial charge is 0.199 e. The van der Waals surface area contributed by atoms with E-state index in [0.717, 1.165) is 0 Å². The van der Waals surface area contributed by atoms with Crippen molar-refractivity contribution in [2.45, 2.75) is 6.10 Å². The highest BCUT2D eigenvalue weighted by Gasteiger charge is 2.12. The monoisotopic (exact) mass is 238 g/mol. The molecule has 0 fully saturated rings. The molecule has 0 saturated heterocycles. The Morgan fingerprint density at radius 3 is 3.12 bits per heavy atom. The molecule has 0 saturated carbocycles. The Morgan fingerprint density at radius 1 is 1.53 bits per heavy atom. The molecule has 8 nitrogen and oxygen atoms in total. The molecule has 0 amide bonds. The second-order valence-electron chi connectivity index (χ2n) is 3.70. The van der Waals surface area contributed by atoms with Crippen LogP contribution < -0.4 is 4.90 Å². The molecule has 2 rings (SSSR count). The molecule has 1 unspecified atom stereocenters. The van der Waals surface area contributed by atoms with Gasteiger partial charge in [-0.2, -0.15) is 4.52 Å². The first kappa shape index (κ1) is 11.7. The summed E-state index contributed by atoms with van der Waals surface area (Å²) in [5, 5.41) is 20.9. The van der Waals surface area contributed by atoms with Crippen LogP contribution in [0.1, 0.15) is 0 Å². The molecule has 0 aliphatic rings. The van der Waals surface area contributed by atoms with Gasteiger partial charge in [-0.1, -0.05) is 0 Å². The van der Waals surface area contributed by atoms with Crippen LogP contribution in [-0.2, 0) is 4.74 Å². The van der Waals surface area contributed by atoms with Crippen molar-refractivity contribution in [3.05, 3.63) is 12.4 Å². The van der Waals surface area contributed by atoms with Crippen LogP contribution in [0.25, 0.3) is 5.65 Å². The van der Waals surface area contributed by atoms with E-state index < -0.39 is 6.10 Å². The van der Waals surface area contributed by atoms with Gasteiger partial charge in [0.25, 0.3) is 0 Å². The Bertz CT molecular complexity index is 487. The lowest BCUT2D eigenvalue weighted by Crippen LogP contribution is -2.33. The maximum atomic E-state index is 9.66. The fraction of sp³-hybridized carbons (Fsp3) is 0.556. The zero-order valence-corrected chi connectivity index (χ0v) is 9.69. The second-order valence-corrected chi connectivity index (χ2v) is 3.70. The zero-order chi connectivity index (χ0) is 12.3. The number of aromatic nitrogens is 5. The Labute approximate surface area is 97.8 Å². The van der Waals surface area contributed by atoms with Gasteiger partial charge in [-0.15, -0.1) is 5.10 Å². The van der Waals surface area contributed by atoms with Crippen molar-refractivity contribution in [2.24, 2.45) is 0 Å². The van der Waals surface area contributed by atoms with Gasteiger partial charge in [0.2, 0.25) is 0 Å². The number of aliphatic hydroxyl groups excluding tert-OH is 1. The average molecular weight is 238 g/mol. The minimum Gasteiger partial charge on any atom is -0.389 e. The number of fused-ring (bicyclic) bond motifs is 1. The summed E-state index contributed by atoms with van der Waals surface area (Å²) in [6.07, 6.45) is 2.64. The molecule has 2 heterocycles. The molecular weight excluding hydrogens is 224 g/mol. The van der Waals surface area contributed by atoms with Crippen molar-refractivity contribution in [3.63, 3.8) is 0 Å². The van der Waals surface area contributed by atoms with E-state index in [9.17, 15) is 5.11 Å². The van der Waals surface area contributed by atoms with E-state index in [0.29, 0.717) is 18.0 Å². The maximum absolute atomic E-state index is 9.66. The molecule has 0 aliphatic carbocycles. The molecule has 2 aromatic rings. The van der Waals surface area contributed by atoms with Crippen molar-refractivity contribution in [2.75, 3.05) is 32.2 Å². The third-order valence-corrected chi connectivity index (χ3v) is 2.33. The first-order chi connectivity index (χ1) is 8.22. The number of rotatable bonds is 5. The van der Waals surface area contributed by atoms with Gasteiger partial charge in [-0.05, 0) is 10.4 Å². The summed E-state index contributed by atoms with van der Waals surface area (Å²) in [4.78, 5) is 5.86. The standard InChI is InChI=1S/C9H14N6O2/c1-14(5-7(16)6-17-2)9-4-10-3-8-11-12-13-15(8)9/h3-4,7,16H,5-6H2,1-2H3. The molecule has 2 aromatic heterocycles. The number of ether oxygens (including phenoxy) is 1. The van der Waals surface area contributed by atoms with Crippen molar-refractivity contribution in [1.82, 2.24) is 25.0 Å². The Balaban J connectivity index is 2.18. The number of aliphatic hydroxyl groups is 1. The van der Waals surface area contributed by atoms with Crippen molar-refractivity contribution in [3.8, 4) is 0 Å². The number of tetrazole rings is 1. The number of nitrogens with zero attached hydrogens (tertiary/aromatic N) is 6. The molecule has 17 heavy (non-hydrogen) atoms. The summed E-state index contributed by atoms with van der Waals surface area (Å²) in [7, 11) is 3.38. The molecular formula is C9H14N6O2. The molecule has 0 spiro atoms. The normalized spacial score (nSPS) is 12.9. The molecule has 0 aliphatic heterocycles. The molecule has 92 valence electrons. The number of methoxy groups -OCH3 is 1. The topological polar surface area (TPSA) is 88.7 Å². The first-order valence-corrected chi connectivity index (χ1v) is 5.12. The van der Waals surface area contributed by atoms with Crippen LogP contribution >= 0.6 is 0 Å². The summed E-state index contributed by atoms with van der Waals surface area (Å²) in [5.41, 5.74) is 0.565. The van der Waals surface area contributed by atoms with Gasteiger partial charge in [-0.25, -0.2) is 0 Å². The Kier molecular flexibility index (Phi) is 3.45. The van der Waals surface area contributed by atoms with Gasteiger partial charge in [0.15, 0.2) is 11.5 Å². The summed E-state index contributed by atoms with van der Waals surface area (Å²) in [5.74, 6) is 0.711. The predicted octanol–water partition coefficient (Wildman–Crippen LogP) is -1.04. The van der Waals surface area contributed by atoms with Crippen LogP contribution in [-0.4, -0.2) is 63.5 Å². The van der Waals surface area contributed by atoms with E-state index in [1.54, 1.807) is 24.0 Å². The number of hydrogen-bond acceptors (Lipinski definition) is 7. The quantitative estimate of drug-likeness (QED) is 0.711. The summed E-state index contributed by atoms with van der Waals surface area (Å²) >= 11 is 0. The van der Waals surface area contributed by atoms with E-state index in [1.165, 1.54) is 0 Å². The average Bonchev–Trinajstić information content (AvgIpc) is 2.76. The molecule has 1 N–H and O–H groups in total. The highest BCUT2D eigenvalue weighted by molar-refractivity contribution is 5.45. The minimum absolute atomic E-state index is 0.281. The first-order valence-electron chi connectivity index (χ1n) is 5.12. The molecule has 8 heteroatoms. The lowest BCUT2D eigenvalue weighted by Gasteiger charge is -2.21. The van der Waals surface area contributed by atoms with Crippen LogP contribution in [0.3, 0.4) is 0 Å². The van der Waals surface area contributed by atoms with Gasteiger partial charge in [-0.3, -0.25) is 4.98 Å². The Morgan fingerprint density at radius 2 is 2.35 bits per heavy atom. The molecule has 0 bridgehead atoms. The van der Waals surface area contributed by atoms with Crippen molar-refractivity contribution < 1.29 is 9.84 Å². The maximum Gasteiger partial charge on any atom is 0.199 e.